The minimum absolute atomic E-state index is 0.0738. The van der Waals surface area contributed by atoms with Crippen molar-refractivity contribution in [1.82, 2.24) is 31.2 Å². The van der Waals surface area contributed by atoms with Gasteiger partial charge in [0.1, 0.15) is 24.2 Å². The largest absolute Gasteiger partial charge is 0.370 e. The number of nitrogens with one attached hydrogen (secondary N) is 5. The molecule has 5 amide bonds. The molecule has 0 radical (unpaired) electrons. The molecular formula is C32H40I2N10O5. The Morgan fingerprint density at radius 2 is 1.22 bits per heavy atom. The van der Waals surface area contributed by atoms with E-state index in [1.165, 1.54) is 19.4 Å². The second-order valence-electron chi connectivity index (χ2n) is 11.2. The summed E-state index contributed by atoms with van der Waals surface area (Å²) in [5.74, 6) is -3.24. The highest BCUT2D eigenvalue weighted by Crippen LogP contribution is 2.12. The quantitative estimate of drug-likeness (QED) is 0.0377. The molecule has 3 aromatic rings. The van der Waals surface area contributed by atoms with Gasteiger partial charge < -0.3 is 43.5 Å². The van der Waals surface area contributed by atoms with Crippen LogP contribution in [-0.2, 0) is 43.2 Å². The summed E-state index contributed by atoms with van der Waals surface area (Å²) in [7, 11) is 0. The van der Waals surface area contributed by atoms with Crippen molar-refractivity contribution in [2.45, 2.75) is 63.2 Å². The first-order valence-electron chi connectivity index (χ1n) is 15.3. The van der Waals surface area contributed by atoms with Crippen LogP contribution in [-0.4, -0.2) is 76.2 Å². The lowest BCUT2D eigenvalue weighted by Gasteiger charge is -2.26. The number of rotatable bonds is 18. The molecule has 0 aliphatic heterocycles. The van der Waals surface area contributed by atoms with Crippen molar-refractivity contribution >= 4 is 80.7 Å². The lowest BCUT2D eigenvalue weighted by molar-refractivity contribution is -0.134. The first kappa shape index (κ1) is 39.2. The van der Waals surface area contributed by atoms with E-state index in [1.54, 1.807) is 0 Å². The predicted molar refractivity (Wildman–Crippen MR) is 201 cm³/mol. The number of aromatic nitrogens is 2. The molecule has 0 fully saturated rings. The number of H-pyrrole nitrogens is 1. The molecule has 15 nitrogen and oxygen atoms in total. The summed E-state index contributed by atoms with van der Waals surface area (Å²) in [5.41, 5.74) is 18.7. The summed E-state index contributed by atoms with van der Waals surface area (Å²) in [5, 5.41) is 10.8. The Morgan fingerprint density at radius 1 is 0.735 bits per heavy atom. The highest BCUT2D eigenvalue weighted by Gasteiger charge is 2.31. The van der Waals surface area contributed by atoms with E-state index in [0.29, 0.717) is 12.1 Å². The van der Waals surface area contributed by atoms with Gasteiger partial charge in [0.25, 0.3) is 0 Å². The number of amides is 5. The van der Waals surface area contributed by atoms with Gasteiger partial charge in [-0.2, -0.15) is 0 Å². The number of benzene rings is 2. The number of imidazole rings is 1. The van der Waals surface area contributed by atoms with Gasteiger partial charge in [0.2, 0.25) is 29.5 Å². The van der Waals surface area contributed by atoms with Crippen molar-refractivity contribution in [1.29, 1.82) is 0 Å². The van der Waals surface area contributed by atoms with Crippen LogP contribution in [0.25, 0.3) is 0 Å². The molecule has 0 unspecified atom stereocenters. The van der Waals surface area contributed by atoms with E-state index in [0.717, 1.165) is 18.3 Å². The van der Waals surface area contributed by atoms with Crippen molar-refractivity contribution in [3.8, 4) is 0 Å². The zero-order valence-electron chi connectivity index (χ0n) is 26.7. The third-order valence-electron chi connectivity index (χ3n) is 7.25. The number of hydrogen-bond donors (Lipinski definition) is 8. The van der Waals surface area contributed by atoms with Crippen LogP contribution < -0.4 is 38.5 Å². The van der Waals surface area contributed by atoms with Crippen molar-refractivity contribution in [2.24, 2.45) is 22.2 Å². The molecule has 49 heavy (non-hydrogen) atoms. The number of nitrogens with zero attached hydrogens (tertiary/aromatic N) is 2. The number of carbonyl (C=O) groups is 5. The van der Waals surface area contributed by atoms with E-state index in [-0.39, 0.29) is 38.2 Å². The van der Waals surface area contributed by atoms with Gasteiger partial charge >= 0.3 is 0 Å². The minimum Gasteiger partial charge on any atom is -0.370 e. The summed E-state index contributed by atoms with van der Waals surface area (Å²) in [4.78, 5) is 76.3. The molecule has 4 atom stereocenters. The van der Waals surface area contributed by atoms with E-state index >= 15 is 0 Å². The van der Waals surface area contributed by atoms with Crippen LogP contribution in [0.5, 0.6) is 0 Å². The SMILES string of the molecule is CC(=O)N[C@@H](Cc1cnc[nH]1)C(=O)N[C@H](Cc1ccc(I)cc1)C(=O)N[C@@H](CCCN=C(N)N)C(=O)N[C@@H](Cc1ccc(I)cc1)C(N)=O. The predicted octanol–water partition coefficient (Wildman–Crippen LogP) is 0.145. The topological polar surface area (TPSA) is 253 Å². The monoisotopic (exact) mass is 898 g/mol. The molecule has 0 aliphatic rings. The summed E-state index contributed by atoms with van der Waals surface area (Å²) in [6.07, 6.45) is 3.69. The van der Waals surface area contributed by atoms with E-state index in [2.05, 4.69) is 81.4 Å². The summed E-state index contributed by atoms with van der Waals surface area (Å²) in [6, 6.07) is 10.4. The molecule has 1 heterocycles. The average Bonchev–Trinajstić information content (AvgIpc) is 3.56. The first-order valence-corrected chi connectivity index (χ1v) is 17.5. The van der Waals surface area contributed by atoms with Crippen molar-refractivity contribution in [3.63, 3.8) is 0 Å². The van der Waals surface area contributed by atoms with Crippen LogP contribution in [0, 0.1) is 7.14 Å². The molecule has 262 valence electrons. The second kappa shape index (κ2) is 19.7. The van der Waals surface area contributed by atoms with Crippen LogP contribution in [0.2, 0.25) is 0 Å². The molecule has 1 aromatic heterocycles. The van der Waals surface area contributed by atoms with Crippen LogP contribution >= 0.6 is 45.2 Å². The molecule has 0 aliphatic carbocycles. The van der Waals surface area contributed by atoms with Gasteiger partial charge in [-0.05, 0) is 93.4 Å². The van der Waals surface area contributed by atoms with Crippen molar-refractivity contribution in [2.75, 3.05) is 6.54 Å². The zero-order valence-corrected chi connectivity index (χ0v) is 31.1. The Bertz CT molecular complexity index is 1600. The van der Waals surface area contributed by atoms with E-state index in [1.807, 2.05) is 48.5 Å². The van der Waals surface area contributed by atoms with Crippen molar-refractivity contribution in [3.05, 3.63) is 85.0 Å². The fraction of sp³-hybridized carbons (Fsp3) is 0.344. The molecular weight excluding hydrogens is 858 g/mol. The van der Waals surface area contributed by atoms with Crippen LogP contribution in [0.4, 0.5) is 0 Å². The summed E-state index contributed by atoms with van der Waals surface area (Å²) in [6.45, 7) is 1.46. The Labute approximate surface area is 311 Å². The summed E-state index contributed by atoms with van der Waals surface area (Å²) < 4.78 is 1.98. The van der Waals surface area contributed by atoms with Crippen LogP contribution in [0.3, 0.4) is 0 Å². The number of primary amides is 1. The zero-order chi connectivity index (χ0) is 35.9. The Morgan fingerprint density at radius 3 is 1.71 bits per heavy atom. The Kier molecular flexibility index (Phi) is 15.7. The normalized spacial score (nSPS) is 13.2. The number of aliphatic imine (C=N–C) groups is 1. The number of guanidine groups is 1. The van der Waals surface area contributed by atoms with Gasteiger partial charge in [-0.25, -0.2) is 4.98 Å². The smallest absolute Gasteiger partial charge is 0.243 e. The number of hydrogen-bond acceptors (Lipinski definition) is 7. The van der Waals surface area contributed by atoms with E-state index < -0.39 is 53.7 Å². The molecule has 11 N–H and O–H groups in total. The molecule has 3 rings (SSSR count). The third kappa shape index (κ3) is 14.0. The average molecular weight is 899 g/mol. The van der Waals surface area contributed by atoms with Gasteiger partial charge in [-0.15, -0.1) is 0 Å². The lowest BCUT2D eigenvalue weighted by atomic mass is 10.0. The number of nitrogens with two attached hydrogens (primary N) is 3. The van der Waals surface area contributed by atoms with E-state index in [4.69, 9.17) is 17.2 Å². The molecule has 0 spiro atoms. The van der Waals surface area contributed by atoms with E-state index in [9.17, 15) is 24.0 Å². The Balaban J connectivity index is 1.86. The molecule has 0 bridgehead atoms. The third-order valence-corrected chi connectivity index (χ3v) is 8.69. The number of halogens is 2. The second-order valence-corrected chi connectivity index (χ2v) is 13.7. The van der Waals surface area contributed by atoms with Crippen LogP contribution in [0.1, 0.15) is 36.6 Å². The standard InChI is InChI=1S/C32H40I2N10O5/c1-18(45)41-27(15-23-16-38-17-40-23)31(49)44-26(14-20-6-10-22(34)11-7-20)30(48)42-24(3-2-12-39-32(36)37)29(47)43-25(28(35)46)13-19-4-8-21(33)9-5-19/h4-11,16-17,24-27H,2-3,12-15H2,1H3,(H2,35,46)(H,38,40)(H,41,45)(H,42,48)(H,43,47)(H,44,49)(H4,36,37,39)/t24-,25-,26+,27-/m0/s1. The first-order chi connectivity index (χ1) is 23.3. The fourth-order valence-electron chi connectivity index (χ4n) is 4.80. The van der Waals surface area contributed by atoms with Gasteiger partial charge in [0, 0.05) is 51.8 Å². The lowest BCUT2D eigenvalue weighted by Crippen LogP contribution is -2.59. The number of carbonyl (C=O) groups excluding carboxylic acids is 5. The fourth-order valence-corrected chi connectivity index (χ4v) is 5.52. The molecule has 2 aromatic carbocycles. The van der Waals surface area contributed by atoms with Crippen molar-refractivity contribution < 1.29 is 24.0 Å². The Hall–Kier alpha value is -4.27. The summed E-state index contributed by atoms with van der Waals surface area (Å²) >= 11 is 4.32. The molecule has 17 heteroatoms. The highest BCUT2D eigenvalue weighted by atomic mass is 127. The maximum absolute atomic E-state index is 13.9. The molecule has 0 saturated carbocycles. The minimum atomic E-state index is -1.16. The van der Waals surface area contributed by atoms with Gasteiger partial charge in [0.05, 0.1) is 6.33 Å². The molecule has 0 saturated heterocycles. The van der Waals surface area contributed by atoms with Gasteiger partial charge in [-0.3, -0.25) is 29.0 Å². The van der Waals surface area contributed by atoms with Gasteiger partial charge in [-0.1, -0.05) is 24.3 Å². The van der Waals surface area contributed by atoms with Gasteiger partial charge in [0.15, 0.2) is 5.96 Å². The maximum atomic E-state index is 13.9. The highest BCUT2D eigenvalue weighted by molar-refractivity contribution is 14.1. The van der Waals surface area contributed by atoms with Crippen LogP contribution in [0.15, 0.2) is 66.0 Å². The number of aromatic amines is 1. The maximum Gasteiger partial charge on any atom is 0.243 e.